The van der Waals surface area contributed by atoms with Gasteiger partial charge in [-0.15, -0.1) is 0 Å². The number of hydrogen-bond donors (Lipinski definition) is 2. The van der Waals surface area contributed by atoms with Crippen LogP contribution in [0.2, 0.25) is 0 Å². The zero-order chi connectivity index (χ0) is 21.8. The third-order valence-corrected chi connectivity index (χ3v) is 5.73. The average molecular weight is 424 g/mol. The first-order valence-corrected chi connectivity index (χ1v) is 10.3. The molecule has 1 saturated heterocycles. The standard InChI is InChI=1S/C23H25FN4O3/c24-18-5-3-4-17(12-18)13-25-21(29)14-27-10-8-23(31,9-11-27)15-28-16-26-20-7-2-1-6-19(20)22(28)30/h1-7,12,16,31H,8-11,13-15H2,(H,25,29). The lowest BCUT2D eigenvalue weighted by atomic mass is 9.91. The van der Waals surface area contributed by atoms with Crippen molar-refractivity contribution in [3.8, 4) is 0 Å². The quantitative estimate of drug-likeness (QED) is 0.629. The van der Waals surface area contributed by atoms with Gasteiger partial charge in [0, 0.05) is 19.6 Å². The van der Waals surface area contributed by atoms with Gasteiger partial charge in [-0.25, -0.2) is 9.37 Å². The summed E-state index contributed by atoms with van der Waals surface area (Å²) in [6.07, 6.45) is 2.38. The Morgan fingerprint density at radius 3 is 2.71 bits per heavy atom. The normalized spacial score (nSPS) is 16.3. The number of likely N-dealkylation sites (tertiary alicyclic amines) is 1. The molecule has 0 saturated carbocycles. The van der Waals surface area contributed by atoms with Gasteiger partial charge in [-0.1, -0.05) is 24.3 Å². The highest BCUT2D eigenvalue weighted by molar-refractivity contribution is 5.78. The van der Waals surface area contributed by atoms with E-state index in [0.29, 0.717) is 42.4 Å². The summed E-state index contributed by atoms with van der Waals surface area (Å²) >= 11 is 0. The second kappa shape index (κ2) is 8.95. The van der Waals surface area contributed by atoms with Crippen molar-refractivity contribution >= 4 is 16.8 Å². The summed E-state index contributed by atoms with van der Waals surface area (Å²) in [5.74, 6) is -0.479. The lowest BCUT2D eigenvalue weighted by Gasteiger charge is -2.38. The maximum Gasteiger partial charge on any atom is 0.261 e. The SMILES string of the molecule is O=C(CN1CCC(O)(Cn2cnc3ccccc3c2=O)CC1)NCc1cccc(F)c1. The molecule has 31 heavy (non-hydrogen) atoms. The first-order chi connectivity index (χ1) is 14.9. The van der Waals surface area contributed by atoms with Crippen LogP contribution in [0.5, 0.6) is 0 Å². The van der Waals surface area contributed by atoms with Gasteiger partial charge in [0.1, 0.15) is 5.82 Å². The van der Waals surface area contributed by atoms with E-state index in [1.807, 2.05) is 11.0 Å². The molecule has 0 spiro atoms. The lowest BCUT2D eigenvalue weighted by molar-refractivity contribution is -0.123. The monoisotopic (exact) mass is 424 g/mol. The number of nitrogens with one attached hydrogen (secondary N) is 1. The Labute approximate surface area is 179 Å². The molecule has 0 unspecified atom stereocenters. The van der Waals surface area contributed by atoms with E-state index in [-0.39, 0.29) is 36.9 Å². The fourth-order valence-corrected chi connectivity index (χ4v) is 3.93. The van der Waals surface area contributed by atoms with Crippen LogP contribution >= 0.6 is 0 Å². The molecule has 0 aliphatic carbocycles. The summed E-state index contributed by atoms with van der Waals surface area (Å²) < 4.78 is 14.7. The molecule has 0 atom stereocenters. The molecule has 2 heterocycles. The summed E-state index contributed by atoms with van der Waals surface area (Å²) in [4.78, 5) is 31.2. The molecule has 0 radical (unpaired) electrons. The molecule has 1 amide bonds. The molecule has 1 aliphatic heterocycles. The van der Waals surface area contributed by atoms with E-state index in [1.165, 1.54) is 23.0 Å². The number of halogens is 1. The van der Waals surface area contributed by atoms with Crippen molar-refractivity contribution in [1.29, 1.82) is 0 Å². The van der Waals surface area contributed by atoms with E-state index in [0.717, 1.165) is 0 Å². The third kappa shape index (κ3) is 5.15. The fraction of sp³-hybridized carbons (Fsp3) is 0.348. The molecule has 2 aromatic carbocycles. The molecule has 4 rings (SSSR count). The second-order valence-electron chi connectivity index (χ2n) is 8.10. The van der Waals surface area contributed by atoms with Crippen LogP contribution in [0.3, 0.4) is 0 Å². The van der Waals surface area contributed by atoms with E-state index >= 15 is 0 Å². The zero-order valence-corrected chi connectivity index (χ0v) is 17.1. The molecule has 3 aromatic rings. The van der Waals surface area contributed by atoms with Crippen molar-refractivity contribution in [2.24, 2.45) is 0 Å². The van der Waals surface area contributed by atoms with Crippen molar-refractivity contribution in [1.82, 2.24) is 19.8 Å². The predicted octanol–water partition coefficient (Wildman–Crippen LogP) is 1.68. The number of hydrogen-bond acceptors (Lipinski definition) is 5. The summed E-state index contributed by atoms with van der Waals surface area (Å²) in [6, 6.07) is 13.3. The van der Waals surface area contributed by atoms with Crippen LogP contribution < -0.4 is 10.9 Å². The topological polar surface area (TPSA) is 87.5 Å². The number of benzene rings is 2. The summed E-state index contributed by atoms with van der Waals surface area (Å²) in [6.45, 7) is 1.73. The minimum Gasteiger partial charge on any atom is -0.388 e. The van der Waals surface area contributed by atoms with Crippen LogP contribution in [-0.4, -0.2) is 50.7 Å². The number of fused-ring (bicyclic) bond motifs is 1. The van der Waals surface area contributed by atoms with Gasteiger partial charge in [-0.05, 0) is 42.7 Å². The van der Waals surface area contributed by atoms with Gasteiger partial charge in [-0.3, -0.25) is 19.1 Å². The largest absolute Gasteiger partial charge is 0.388 e. The maximum atomic E-state index is 13.2. The molecule has 8 heteroatoms. The van der Waals surface area contributed by atoms with Crippen molar-refractivity contribution < 1.29 is 14.3 Å². The number of aliphatic hydroxyl groups is 1. The zero-order valence-electron chi connectivity index (χ0n) is 17.1. The van der Waals surface area contributed by atoms with Gasteiger partial charge in [0.05, 0.1) is 35.9 Å². The Morgan fingerprint density at radius 1 is 1.16 bits per heavy atom. The molecule has 162 valence electrons. The van der Waals surface area contributed by atoms with E-state index in [2.05, 4.69) is 10.3 Å². The highest BCUT2D eigenvalue weighted by Crippen LogP contribution is 2.23. The van der Waals surface area contributed by atoms with Gasteiger partial charge in [0.15, 0.2) is 0 Å². The summed E-state index contributed by atoms with van der Waals surface area (Å²) in [7, 11) is 0. The molecule has 0 bridgehead atoms. The number of carbonyl (C=O) groups excluding carboxylic acids is 1. The maximum absolute atomic E-state index is 13.2. The predicted molar refractivity (Wildman–Crippen MR) is 115 cm³/mol. The molecular weight excluding hydrogens is 399 g/mol. The van der Waals surface area contributed by atoms with Gasteiger partial charge in [-0.2, -0.15) is 0 Å². The van der Waals surface area contributed by atoms with Crippen LogP contribution in [0.15, 0.2) is 59.7 Å². The van der Waals surface area contributed by atoms with Gasteiger partial charge >= 0.3 is 0 Å². The number of rotatable bonds is 6. The van der Waals surface area contributed by atoms with Crippen LogP contribution in [0, 0.1) is 5.82 Å². The fourth-order valence-electron chi connectivity index (χ4n) is 3.93. The molecule has 2 N–H and O–H groups in total. The van der Waals surface area contributed by atoms with Crippen molar-refractivity contribution in [3.63, 3.8) is 0 Å². The third-order valence-electron chi connectivity index (χ3n) is 5.73. The smallest absolute Gasteiger partial charge is 0.261 e. The van der Waals surface area contributed by atoms with E-state index in [1.54, 1.807) is 30.3 Å². The first kappa shape index (κ1) is 21.1. The number of carbonyl (C=O) groups is 1. The summed E-state index contributed by atoms with van der Waals surface area (Å²) in [5, 5.41) is 14.3. The highest BCUT2D eigenvalue weighted by Gasteiger charge is 2.33. The number of amides is 1. The number of para-hydroxylation sites is 1. The molecular formula is C23H25FN4O3. The number of aromatic nitrogens is 2. The Balaban J connectivity index is 1.30. The van der Waals surface area contributed by atoms with E-state index < -0.39 is 5.60 Å². The van der Waals surface area contributed by atoms with Gasteiger partial charge in [0.25, 0.3) is 5.56 Å². The Hall–Kier alpha value is -3.10. The van der Waals surface area contributed by atoms with Gasteiger partial charge in [0.2, 0.25) is 5.91 Å². The summed E-state index contributed by atoms with van der Waals surface area (Å²) in [5.41, 5.74) is 0.145. The number of nitrogens with zero attached hydrogens (tertiary/aromatic N) is 3. The van der Waals surface area contributed by atoms with Crippen LogP contribution in [-0.2, 0) is 17.9 Å². The first-order valence-electron chi connectivity index (χ1n) is 10.3. The van der Waals surface area contributed by atoms with Crippen molar-refractivity contribution in [3.05, 3.63) is 76.6 Å². The van der Waals surface area contributed by atoms with Crippen LogP contribution in [0.4, 0.5) is 4.39 Å². The molecule has 1 aromatic heterocycles. The van der Waals surface area contributed by atoms with Crippen LogP contribution in [0.25, 0.3) is 10.9 Å². The van der Waals surface area contributed by atoms with E-state index in [4.69, 9.17) is 0 Å². The number of piperidine rings is 1. The molecule has 1 fully saturated rings. The average Bonchev–Trinajstić information content (AvgIpc) is 2.76. The van der Waals surface area contributed by atoms with Crippen LogP contribution in [0.1, 0.15) is 18.4 Å². The van der Waals surface area contributed by atoms with Gasteiger partial charge < -0.3 is 10.4 Å². The minimum absolute atomic E-state index is 0.148. The lowest BCUT2D eigenvalue weighted by Crippen LogP contribution is -2.50. The molecule has 1 aliphatic rings. The second-order valence-corrected chi connectivity index (χ2v) is 8.10. The Kier molecular flexibility index (Phi) is 6.11. The minimum atomic E-state index is -1.03. The van der Waals surface area contributed by atoms with Crippen molar-refractivity contribution in [2.45, 2.75) is 31.5 Å². The highest BCUT2D eigenvalue weighted by atomic mass is 19.1. The molecule has 7 nitrogen and oxygen atoms in total. The van der Waals surface area contributed by atoms with E-state index in [9.17, 15) is 19.1 Å². The van der Waals surface area contributed by atoms with Crippen molar-refractivity contribution in [2.75, 3.05) is 19.6 Å². The Morgan fingerprint density at radius 2 is 1.94 bits per heavy atom. The Bertz CT molecular complexity index is 1140.